The fourth-order valence-electron chi connectivity index (χ4n) is 3.30. The second-order valence-corrected chi connectivity index (χ2v) is 8.53. The summed E-state index contributed by atoms with van der Waals surface area (Å²) in [6, 6.07) is 8.43. The summed E-state index contributed by atoms with van der Waals surface area (Å²) in [4.78, 5) is 6.14. The highest BCUT2D eigenvalue weighted by Crippen LogP contribution is 2.31. The first-order valence-electron chi connectivity index (χ1n) is 9.32. The zero-order chi connectivity index (χ0) is 21.1. The Kier molecular flexibility index (Phi) is 5.55. The summed E-state index contributed by atoms with van der Waals surface area (Å²) in [6.45, 7) is 1.69. The second kappa shape index (κ2) is 8.28. The molecule has 1 fully saturated rings. The van der Waals surface area contributed by atoms with E-state index in [-0.39, 0.29) is 10.6 Å². The van der Waals surface area contributed by atoms with E-state index in [4.69, 9.17) is 9.47 Å². The van der Waals surface area contributed by atoms with E-state index in [2.05, 4.69) is 15.2 Å². The zero-order valence-corrected chi connectivity index (χ0v) is 17.5. The molecule has 3 heterocycles. The summed E-state index contributed by atoms with van der Waals surface area (Å²) in [5.74, 6) is 2.17. The standard InChI is InChI=1S/C19H22N6O4S/c1-28-15-3-4-17(16(13-15)29-2)30(26,27)25-11-9-23(10-12-25)18-5-6-19(22-21-18)24-8-7-20-14-24/h3-8,13-14H,9-12H2,1-2H3. The molecule has 1 aromatic carbocycles. The van der Waals surface area contributed by atoms with Crippen molar-refractivity contribution in [3.8, 4) is 17.3 Å². The summed E-state index contributed by atoms with van der Waals surface area (Å²) < 4.78 is 39.9. The van der Waals surface area contributed by atoms with Gasteiger partial charge >= 0.3 is 0 Å². The number of piperazine rings is 1. The van der Waals surface area contributed by atoms with Crippen molar-refractivity contribution in [2.75, 3.05) is 45.3 Å². The first kappa shape index (κ1) is 20.1. The van der Waals surface area contributed by atoms with Crippen LogP contribution in [0.4, 0.5) is 5.82 Å². The number of benzene rings is 1. The highest BCUT2D eigenvalue weighted by atomic mass is 32.2. The van der Waals surface area contributed by atoms with Crippen molar-refractivity contribution in [3.05, 3.63) is 49.1 Å². The minimum absolute atomic E-state index is 0.128. The molecule has 3 aromatic rings. The number of rotatable bonds is 6. The van der Waals surface area contributed by atoms with Crippen LogP contribution in [0.15, 0.2) is 53.9 Å². The summed E-state index contributed by atoms with van der Waals surface area (Å²) in [6.07, 6.45) is 5.12. The molecule has 1 aliphatic heterocycles. The van der Waals surface area contributed by atoms with Gasteiger partial charge in [0.2, 0.25) is 10.0 Å². The number of sulfonamides is 1. The van der Waals surface area contributed by atoms with Gasteiger partial charge in [0.1, 0.15) is 22.7 Å². The van der Waals surface area contributed by atoms with Gasteiger partial charge in [0.25, 0.3) is 0 Å². The van der Waals surface area contributed by atoms with Gasteiger partial charge in [-0.2, -0.15) is 4.31 Å². The Labute approximate surface area is 174 Å². The Morgan fingerprint density at radius 1 is 0.933 bits per heavy atom. The number of nitrogens with zero attached hydrogens (tertiary/aromatic N) is 6. The Hall–Kier alpha value is -3.18. The lowest BCUT2D eigenvalue weighted by molar-refractivity contribution is 0.369. The quantitative estimate of drug-likeness (QED) is 0.575. The number of anilines is 1. The largest absolute Gasteiger partial charge is 0.497 e. The van der Waals surface area contributed by atoms with Crippen molar-refractivity contribution in [1.82, 2.24) is 24.1 Å². The molecule has 0 amide bonds. The molecule has 0 saturated carbocycles. The third-order valence-corrected chi connectivity index (χ3v) is 6.89. The van der Waals surface area contributed by atoms with Crippen molar-refractivity contribution in [2.45, 2.75) is 4.90 Å². The van der Waals surface area contributed by atoms with E-state index < -0.39 is 10.0 Å². The van der Waals surface area contributed by atoms with Crippen molar-refractivity contribution >= 4 is 15.8 Å². The maximum Gasteiger partial charge on any atom is 0.246 e. The Morgan fingerprint density at radius 3 is 2.27 bits per heavy atom. The molecule has 0 N–H and O–H groups in total. The molecule has 0 spiro atoms. The molecule has 0 unspecified atom stereocenters. The average molecular weight is 430 g/mol. The van der Waals surface area contributed by atoms with Gasteiger partial charge in [0.05, 0.1) is 14.2 Å². The normalized spacial score (nSPS) is 15.2. The number of hydrogen-bond acceptors (Lipinski definition) is 8. The van der Waals surface area contributed by atoms with Gasteiger partial charge in [-0.15, -0.1) is 10.2 Å². The molecular weight excluding hydrogens is 408 g/mol. The molecule has 0 aliphatic carbocycles. The molecule has 4 rings (SSSR count). The fraction of sp³-hybridized carbons (Fsp3) is 0.316. The van der Waals surface area contributed by atoms with Gasteiger partial charge < -0.3 is 14.4 Å². The van der Waals surface area contributed by atoms with Crippen LogP contribution < -0.4 is 14.4 Å². The molecular formula is C19H22N6O4S. The first-order chi connectivity index (χ1) is 14.5. The molecule has 10 nitrogen and oxygen atoms in total. The molecule has 1 aliphatic rings. The molecule has 0 atom stereocenters. The van der Waals surface area contributed by atoms with Crippen molar-refractivity contribution in [1.29, 1.82) is 0 Å². The number of aromatic nitrogens is 4. The van der Waals surface area contributed by atoms with Crippen molar-refractivity contribution < 1.29 is 17.9 Å². The van der Waals surface area contributed by atoms with Crippen LogP contribution in [-0.4, -0.2) is 72.9 Å². The minimum atomic E-state index is -3.69. The van der Waals surface area contributed by atoms with Gasteiger partial charge in [-0.1, -0.05) is 0 Å². The maximum atomic E-state index is 13.1. The highest BCUT2D eigenvalue weighted by Gasteiger charge is 2.31. The molecule has 0 bridgehead atoms. The molecule has 158 valence electrons. The number of hydrogen-bond donors (Lipinski definition) is 0. The molecule has 2 aromatic heterocycles. The summed E-state index contributed by atoms with van der Waals surface area (Å²) in [5.41, 5.74) is 0. The lowest BCUT2D eigenvalue weighted by Crippen LogP contribution is -2.49. The van der Waals surface area contributed by atoms with E-state index in [1.165, 1.54) is 24.6 Å². The molecule has 11 heteroatoms. The smallest absolute Gasteiger partial charge is 0.246 e. The third-order valence-electron chi connectivity index (χ3n) is 4.96. The maximum absolute atomic E-state index is 13.1. The molecule has 0 radical (unpaired) electrons. The topological polar surface area (TPSA) is 103 Å². The van der Waals surface area contributed by atoms with Crippen LogP contribution >= 0.6 is 0 Å². The summed E-state index contributed by atoms with van der Waals surface area (Å²) in [5, 5.41) is 8.50. The predicted molar refractivity (Wildman–Crippen MR) is 110 cm³/mol. The predicted octanol–water partition coefficient (Wildman–Crippen LogP) is 1.19. The van der Waals surface area contributed by atoms with Gasteiger partial charge in [0, 0.05) is 44.6 Å². The number of methoxy groups -OCH3 is 2. The fourth-order valence-corrected chi connectivity index (χ4v) is 4.86. The van der Waals surface area contributed by atoms with E-state index >= 15 is 0 Å². The van der Waals surface area contributed by atoms with Crippen LogP contribution in [0.2, 0.25) is 0 Å². The Bertz CT molecular complexity index is 1090. The number of imidazole rings is 1. The van der Waals surface area contributed by atoms with E-state index in [1.807, 2.05) is 17.0 Å². The van der Waals surface area contributed by atoms with Crippen LogP contribution in [0.5, 0.6) is 11.5 Å². The van der Waals surface area contributed by atoms with Crippen LogP contribution in [0.25, 0.3) is 5.82 Å². The molecule has 30 heavy (non-hydrogen) atoms. The van der Waals surface area contributed by atoms with E-state index in [1.54, 1.807) is 35.4 Å². The first-order valence-corrected chi connectivity index (χ1v) is 10.8. The van der Waals surface area contributed by atoms with Crippen LogP contribution in [0, 0.1) is 0 Å². The second-order valence-electron chi connectivity index (χ2n) is 6.63. The van der Waals surface area contributed by atoms with Crippen LogP contribution in [0.1, 0.15) is 0 Å². The minimum Gasteiger partial charge on any atom is -0.497 e. The highest BCUT2D eigenvalue weighted by molar-refractivity contribution is 7.89. The summed E-state index contributed by atoms with van der Waals surface area (Å²) in [7, 11) is -0.729. The van der Waals surface area contributed by atoms with Gasteiger partial charge in [-0.25, -0.2) is 13.4 Å². The Balaban J connectivity index is 1.46. The lowest BCUT2D eigenvalue weighted by Gasteiger charge is -2.34. The average Bonchev–Trinajstić information content (AvgIpc) is 3.34. The summed E-state index contributed by atoms with van der Waals surface area (Å²) >= 11 is 0. The lowest BCUT2D eigenvalue weighted by atomic mass is 10.3. The van der Waals surface area contributed by atoms with E-state index in [9.17, 15) is 8.42 Å². The van der Waals surface area contributed by atoms with E-state index in [0.717, 1.165) is 0 Å². The third kappa shape index (κ3) is 3.81. The van der Waals surface area contributed by atoms with E-state index in [0.29, 0.717) is 43.6 Å². The van der Waals surface area contributed by atoms with Gasteiger partial charge in [0.15, 0.2) is 11.6 Å². The zero-order valence-electron chi connectivity index (χ0n) is 16.7. The Morgan fingerprint density at radius 2 is 1.67 bits per heavy atom. The van der Waals surface area contributed by atoms with Crippen molar-refractivity contribution in [3.63, 3.8) is 0 Å². The SMILES string of the molecule is COc1ccc(S(=O)(=O)N2CCN(c3ccc(-n4ccnc4)nn3)CC2)c(OC)c1. The molecule has 1 saturated heterocycles. The van der Waals surface area contributed by atoms with Gasteiger partial charge in [-0.05, 0) is 24.3 Å². The monoisotopic (exact) mass is 430 g/mol. The van der Waals surface area contributed by atoms with Crippen molar-refractivity contribution in [2.24, 2.45) is 0 Å². The van der Waals surface area contributed by atoms with Crippen LogP contribution in [-0.2, 0) is 10.0 Å². The van der Waals surface area contributed by atoms with Crippen LogP contribution in [0.3, 0.4) is 0 Å². The number of ether oxygens (including phenoxy) is 2. The van der Waals surface area contributed by atoms with Gasteiger partial charge in [-0.3, -0.25) is 4.57 Å².